The molecule has 0 aromatic heterocycles. The molecule has 40 valence electrons. The van der Waals surface area contributed by atoms with Gasteiger partial charge in [-0.3, -0.25) is 0 Å². The maximum absolute atomic E-state index is 10.5. The second-order valence-corrected chi connectivity index (χ2v) is 1.37. The van der Waals surface area contributed by atoms with Gasteiger partial charge in [0.1, 0.15) is 0 Å². The van der Waals surface area contributed by atoms with E-state index in [-0.39, 0.29) is 20.3 Å². The van der Waals surface area contributed by atoms with Gasteiger partial charge in [0, 0.05) is 0 Å². The summed E-state index contributed by atoms with van der Waals surface area (Å²) in [6.45, 7) is 0. The van der Waals surface area contributed by atoms with Gasteiger partial charge in [0.05, 0.1) is 0 Å². The summed E-state index contributed by atoms with van der Waals surface area (Å²) in [6.07, 6.45) is 0. The molecular weight excluding hydrogens is 125 g/mol. The quantitative estimate of drug-likeness (QED) is 0.282. The van der Waals surface area contributed by atoms with E-state index in [1.165, 1.54) is 0 Å². The SMILES string of the molecule is O=S(=O)(F)OF.[H-].[Li+]. The maximum Gasteiger partial charge on any atom is 1.00 e. The van der Waals surface area contributed by atoms with Crippen LogP contribution in [-0.2, 0) is 14.9 Å². The summed E-state index contributed by atoms with van der Waals surface area (Å²) < 4.78 is 39.7. The van der Waals surface area contributed by atoms with E-state index in [9.17, 15) is 8.41 Å². The minimum atomic E-state index is -5.33. The van der Waals surface area contributed by atoms with Crippen LogP contribution in [0.15, 0.2) is 0 Å². The summed E-state index contributed by atoms with van der Waals surface area (Å²) >= 11 is 0. The molecule has 0 heterocycles. The van der Waals surface area contributed by atoms with Gasteiger partial charge in [0.2, 0.25) is 0 Å². The molecule has 7 heteroatoms. The Kier molecular flexibility index (Phi) is 5.01. The first kappa shape index (κ1) is 10.4. The number of hydrogen-bond donors (Lipinski definition) is 0. The van der Waals surface area contributed by atoms with Gasteiger partial charge in [-0.2, -0.15) is 8.42 Å². The molecule has 0 aromatic rings. The third-order valence-corrected chi connectivity index (χ3v) is 0.226. The second kappa shape index (κ2) is 3.38. The van der Waals surface area contributed by atoms with Crippen molar-refractivity contribution in [3.63, 3.8) is 0 Å². The fraction of sp³-hybridized carbons (Fsp3) is 0. The molecule has 0 rings (SSSR count). The average Bonchev–Trinajstić information content (AvgIpc) is 1.35. The van der Waals surface area contributed by atoms with Crippen molar-refractivity contribution in [2.24, 2.45) is 0 Å². The smallest absolute Gasteiger partial charge is 1.00 e. The maximum atomic E-state index is 10.5. The first-order valence-electron chi connectivity index (χ1n) is 0.809. The standard InChI is InChI=1S/F2O3S.Li.H/c1-5-6(2,3)4;;/q;+1;-1. The molecule has 0 aliphatic heterocycles. The molecule has 0 atom stereocenters. The van der Waals surface area contributed by atoms with Crippen molar-refractivity contribution < 1.29 is 41.5 Å². The van der Waals surface area contributed by atoms with Crippen molar-refractivity contribution in [3.05, 3.63) is 0 Å². The van der Waals surface area contributed by atoms with E-state index < -0.39 is 10.5 Å². The van der Waals surface area contributed by atoms with Crippen molar-refractivity contribution in [1.82, 2.24) is 0 Å². The second-order valence-electron chi connectivity index (χ2n) is 0.456. The molecule has 0 spiro atoms. The van der Waals surface area contributed by atoms with E-state index in [0.717, 1.165) is 0 Å². The summed E-state index contributed by atoms with van der Waals surface area (Å²) in [4.78, 5) is 0. The Morgan fingerprint density at radius 1 is 1.57 bits per heavy atom. The summed E-state index contributed by atoms with van der Waals surface area (Å²) in [7, 11) is -5.33. The molecule has 7 heavy (non-hydrogen) atoms. The van der Waals surface area contributed by atoms with Gasteiger partial charge >= 0.3 is 29.4 Å². The first-order chi connectivity index (χ1) is 2.56. The first-order valence-corrected chi connectivity index (χ1v) is 2.12. The van der Waals surface area contributed by atoms with Crippen LogP contribution in [0.4, 0.5) is 8.41 Å². The van der Waals surface area contributed by atoms with E-state index >= 15 is 0 Å². The normalized spacial score (nSPS) is 10.0. The Hall–Kier alpha value is 0.367. The monoisotopic (exact) mass is 126 g/mol. The molecule has 0 aliphatic rings. The van der Waals surface area contributed by atoms with E-state index in [1.807, 2.05) is 0 Å². The van der Waals surface area contributed by atoms with Crippen LogP contribution in [0.1, 0.15) is 1.43 Å². The summed E-state index contributed by atoms with van der Waals surface area (Å²) in [5.74, 6) is 0. The van der Waals surface area contributed by atoms with Crippen molar-refractivity contribution in [1.29, 1.82) is 0 Å². The molecule has 0 unspecified atom stereocenters. The Morgan fingerprint density at radius 2 is 1.71 bits per heavy atom. The molecule has 0 fully saturated rings. The van der Waals surface area contributed by atoms with Crippen molar-refractivity contribution >= 4 is 10.5 Å². The summed E-state index contributed by atoms with van der Waals surface area (Å²) in [6, 6.07) is 0. The van der Waals surface area contributed by atoms with Crippen LogP contribution in [0.3, 0.4) is 0 Å². The minimum Gasteiger partial charge on any atom is -1.00 e. The van der Waals surface area contributed by atoms with Crippen molar-refractivity contribution in [3.8, 4) is 0 Å². The fourth-order valence-corrected chi connectivity index (χ4v) is 0. The number of rotatable bonds is 1. The molecule has 0 saturated heterocycles. The molecule has 0 amide bonds. The zero-order valence-corrected chi connectivity index (χ0v) is 4.21. The predicted molar refractivity (Wildman–Crippen MR) is 13.3 cm³/mol. The van der Waals surface area contributed by atoms with Crippen LogP contribution >= 0.6 is 0 Å². The van der Waals surface area contributed by atoms with Crippen LogP contribution in [0, 0.1) is 0 Å². The van der Waals surface area contributed by atoms with E-state index in [2.05, 4.69) is 0 Å². The molecule has 3 nitrogen and oxygen atoms in total. The van der Waals surface area contributed by atoms with Gasteiger partial charge in [-0.1, -0.05) is 3.89 Å². The van der Waals surface area contributed by atoms with E-state index in [4.69, 9.17) is 8.42 Å². The Labute approximate surface area is 52.6 Å². The van der Waals surface area contributed by atoms with Crippen LogP contribution in [0.2, 0.25) is 0 Å². The molecule has 0 N–H and O–H groups in total. The van der Waals surface area contributed by atoms with Gasteiger partial charge in [0.15, 0.2) is 0 Å². The molecule has 0 bridgehead atoms. The van der Waals surface area contributed by atoms with E-state index in [1.54, 1.807) is 4.39 Å². The Morgan fingerprint density at radius 3 is 1.71 bits per heavy atom. The van der Waals surface area contributed by atoms with Gasteiger partial charge in [-0.25, -0.2) is 0 Å². The predicted octanol–water partition coefficient (Wildman–Crippen LogP) is -2.78. The van der Waals surface area contributed by atoms with Gasteiger partial charge in [0.25, 0.3) is 0 Å². The van der Waals surface area contributed by atoms with E-state index in [0.29, 0.717) is 0 Å². The van der Waals surface area contributed by atoms with Gasteiger partial charge < -0.3 is 1.43 Å². The van der Waals surface area contributed by atoms with Gasteiger partial charge in [-0.05, 0) is 8.91 Å². The summed E-state index contributed by atoms with van der Waals surface area (Å²) in [5, 5.41) is 0. The fourth-order valence-electron chi connectivity index (χ4n) is 0. The molecular formula is HF2LiO3S. The summed E-state index contributed by atoms with van der Waals surface area (Å²) in [5.41, 5.74) is 0. The topological polar surface area (TPSA) is 43.4 Å². The largest absolute Gasteiger partial charge is 1.00 e. The zero-order valence-electron chi connectivity index (χ0n) is 4.39. The molecule has 0 aromatic carbocycles. The van der Waals surface area contributed by atoms with Crippen molar-refractivity contribution in [2.75, 3.05) is 0 Å². The van der Waals surface area contributed by atoms with Crippen molar-refractivity contribution in [2.45, 2.75) is 0 Å². The average molecular weight is 126 g/mol. The zero-order chi connectivity index (χ0) is 5.21. The molecule has 0 radical (unpaired) electrons. The molecule has 0 saturated carbocycles. The molecule has 0 aliphatic carbocycles. The van der Waals surface area contributed by atoms with Crippen LogP contribution in [-0.4, -0.2) is 8.42 Å². The third kappa shape index (κ3) is 10.7. The van der Waals surface area contributed by atoms with Crippen LogP contribution < -0.4 is 18.9 Å². The van der Waals surface area contributed by atoms with Gasteiger partial charge in [-0.15, -0.1) is 0 Å². The van der Waals surface area contributed by atoms with Crippen LogP contribution in [0.25, 0.3) is 0 Å². The third-order valence-electron chi connectivity index (χ3n) is 0.0752. The minimum absolute atomic E-state index is 0. The Bertz CT molecular complexity index is 119. The number of hydrogen-bond acceptors (Lipinski definition) is 3. The number of halogens is 2. The Balaban J connectivity index is -0.000000125. The van der Waals surface area contributed by atoms with Crippen LogP contribution in [0.5, 0.6) is 0 Å².